The summed E-state index contributed by atoms with van der Waals surface area (Å²) in [4.78, 5) is 31.8. The van der Waals surface area contributed by atoms with Crippen LogP contribution >= 0.6 is 0 Å². The van der Waals surface area contributed by atoms with Crippen LogP contribution in [0.15, 0.2) is 346 Å². The van der Waals surface area contributed by atoms with E-state index in [1.165, 1.54) is 48.5 Å². The molecule has 0 radical (unpaired) electrons. The second-order valence-corrected chi connectivity index (χ2v) is 26.1. The van der Waals surface area contributed by atoms with Crippen LogP contribution in [0.1, 0.15) is 117 Å². The number of carbonyl (C=O) groups excluding carboxylic acids is 2. The number of ketones is 2. The number of rotatable bonds is 11. The fourth-order valence-corrected chi connectivity index (χ4v) is 14.0. The number of hydrogen-bond acceptors (Lipinski definition) is 2. The number of Topliss-reactive ketones (excluding diaryl/α,β-unsaturated/α-hetero) is 2. The van der Waals surface area contributed by atoms with Crippen molar-refractivity contribution in [2.45, 2.75) is 24.7 Å². The summed E-state index contributed by atoms with van der Waals surface area (Å²) in [5.74, 6) is 24.8. The van der Waals surface area contributed by atoms with E-state index >= 15 is 22.8 Å². The van der Waals surface area contributed by atoms with Crippen LogP contribution in [0.3, 0.4) is 0 Å². The van der Waals surface area contributed by atoms with Crippen molar-refractivity contribution >= 4 is 56.2 Å². The highest BCUT2D eigenvalue weighted by molar-refractivity contribution is 6.60. The molecule has 2 aliphatic rings. The monoisotopic (exact) mass is 1410 g/mol. The summed E-state index contributed by atoms with van der Waals surface area (Å²) in [7, 11) is 0. The van der Waals surface area contributed by atoms with E-state index in [-0.39, 0.29) is 50.3 Å². The smallest absolute Gasteiger partial charge is 0.289 e. The molecule has 13 aromatic carbocycles. The molecule has 0 amide bonds. The summed E-state index contributed by atoms with van der Waals surface area (Å²) < 4.78 is 96.1. The topological polar surface area (TPSA) is 34.1 Å². The van der Waals surface area contributed by atoms with Crippen molar-refractivity contribution in [1.82, 2.24) is 0 Å². The van der Waals surface area contributed by atoms with Gasteiger partial charge in [-0.05, 0) is 177 Å². The lowest BCUT2D eigenvalue weighted by molar-refractivity contribution is -0.166. The van der Waals surface area contributed by atoms with Crippen molar-refractivity contribution in [1.29, 1.82) is 0 Å². The van der Waals surface area contributed by atoms with E-state index in [1.54, 1.807) is 91.0 Å². The maximum Gasteiger partial charge on any atom is 0.416 e. The van der Waals surface area contributed by atoms with Crippen LogP contribution < -0.4 is 0 Å². The molecule has 1 unspecified atom stereocenters. The number of benzene rings is 13. The van der Waals surface area contributed by atoms with E-state index < -0.39 is 29.1 Å². The van der Waals surface area contributed by atoms with Crippen molar-refractivity contribution in [2.75, 3.05) is 0 Å². The van der Waals surface area contributed by atoms with Crippen LogP contribution in [0.25, 0.3) is 44.6 Å². The fourth-order valence-electron chi connectivity index (χ4n) is 14.0. The van der Waals surface area contributed by atoms with Gasteiger partial charge in [-0.3, -0.25) is 9.59 Å². The molecule has 0 aliphatic heterocycles. The minimum Gasteiger partial charge on any atom is -0.289 e. The Morgan fingerprint density at radius 2 is 0.389 bits per heavy atom. The maximum absolute atomic E-state index is 17.6. The fraction of sp³-hybridized carbons (Fsp3) is 0.0400. The van der Waals surface area contributed by atoms with Gasteiger partial charge in [0.05, 0.1) is 5.56 Å². The van der Waals surface area contributed by atoms with Crippen LogP contribution in [0.5, 0.6) is 0 Å². The number of carbonyl (C=O) groups is 2. The molecule has 514 valence electrons. The molecule has 2 nitrogen and oxygen atoms in total. The minimum atomic E-state index is -5.05. The normalized spacial score (nSPS) is 13.4. The predicted octanol–water partition coefficient (Wildman–Crippen LogP) is 22.7. The average molecular weight is 1410 g/mol. The highest BCUT2D eigenvalue weighted by atomic mass is 19.4. The maximum atomic E-state index is 17.6. The molecule has 2 aliphatic carbocycles. The second-order valence-electron chi connectivity index (χ2n) is 26.1. The van der Waals surface area contributed by atoms with Gasteiger partial charge in [0.1, 0.15) is 5.41 Å². The number of aryl methyl sites for hydroxylation is 1. The van der Waals surface area contributed by atoms with Crippen LogP contribution in [-0.4, -0.2) is 17.7 Å². The summed E-state index contributed by atoms with van der Waals surface area (Å²) in [6.45, 7) is 1.97. The first-order valence-electron chi connectivity index (χ1n) is 34.9. The lowest BCUT2D eigenvalue weighted by atomic mass is 9.68. The van der Waals surface area contributed by atoms with E-state index in [9.17, 15) is 13.2 Å². The van der Waals surface area contributed by atoms with Crippen molar-refractivity contribution in [3.8, 4) is 47.4 Å². The lowest BCUT2D eigenvalue weighted by Crippen LogP contribution is -2.44. The van der Waals surface area contributed by atoms with Gasteiger partial charge in [0.15, 0.2) is 11.6 Å². The van der Waals surface area contributed by atoms with E-state index in [4.69, 9.17) is 0 Å². The van der Waals surface area contributed by atoms with E-state index in [2.05, 4.69) is 47.4 Å². The summed E-state index contributed by atoms with van der Waals surface area (Å²) in [5, 5.41) is 0. The van der Waals surface area contributed by atoms with Gasteiger partial charge in [-0.25, -0.2) is 0 Å². The second kappa shape index (κ2) is 30.0. The Balaban J connectivity index is 0.895. The molecule has 0 spiro atoms. The van der Waals surface area contributed by atoms with Crippen LogP contribution in [0.2, 0.25) is 0 Å². The molecule has 0 fully saturated rings. The number of alkyl halides is 6. The number of hydrogen-bond donors (Lipinski definition) is 0. The van der Waals surface area contributed by atoms with E-state index in [0.29, 0.717) is 77.9 Å². The van der Waals surface area contributed by atoms with Crippen LogP contribution in [0, 0.1) is 54.3 Å². The van der Waals surface area contributed by atoms with Gasteiger partial charge in [-0.15, -0.1) is 0 Å². The summed E-state index contributed by atoms with van der Waals surface area (Å²) in [5.41, 5.74) is 9.23. The van der Waals surface area contributed by atoms with E-state index in [0.717, 1.165) is 45.5 Å². The first-order valence-corrected chi connectivity index (χ1v) is 34.9. The Bertz CT molecular complexity index is 5990. The zero-order valence-electron chi connectivity index (χ0n) is 58.0. The molecule has 15 rings (SSSR count). The van der Waals surface area contributed by atoms with Gasteiger partial charge < -0.3 is 0 Å². The highest BCUT2D eigenvalue weighted by Crippen LogP contribution is 2.56. The third-order valence-corrected chi connectivity index (χ3v) is 19.3. The van der Waals surface area contributed by atoms with Crippen LogP contribution in [-0.2, 0) is 21.2 Å². The van der Waals surface area contributed by atoms with Crippen molar-refractivity contribution in [3.63, 3.8) is 0 Å². The third kappa shape index (κ3) is 14.3. The first kappa shape index (κ1) is 69.7. The third-order valence-electron chi connectivity index (χ3n) is 19.3. The van der Waals surface area contributed by atoms with Crippen LogP contribution in [0.4, 0.5) is 26.3 Å². The molecule has 0 aromatic heterocycles. The van der Waals surface area contributed by atoms with Crippen molar-refractivity contribution < 1.29 is 35.9 Å². The molecule has 1 atom stereocenters. The van der Waals surface area contributed by atoms with Gasteiger partial charge >= 0.3 is 12.4 Å². The molecule has 108 heavy (non-hydrogen) atoms. The van der Waals surface area contributed by atoms with Gasteiger partial charge in [0.2, 0.25) is 0 Å². The quantitative estimate of drug-likeness (QED) is 0.0735. The van der Waals surface area contributed by atoms with Gasteiger partial charge in [0, 0.05) is 89.1 Å². The molecule has 13 aromatic rings. The van der Waals surface area contributed by atoms with Gasteiger partial charge in [0.25, 0.3) is 0 Å². The lowest BCUT2D eigenvalue weighted by Gasteiger charge is -2.38. The molecule has 0 N–H and O–H groups in total. The number of halogens is 6. The molecule has 8 heteroatoms. The molecular weight excluding hydrogens is 1350 g/mol. The van der Waals surface area contributed by atoms with Crippen molar-refractivity contribution in [2.24, 2.45) is 0 Å². The van der Waals surface area contributed by atoms with Gasteiger partial charge in [-0.2, -0.15) is 26.3 Å². The first-order chi connectivity index (χ1) is 52.5. The van der Waals surface area contributed by atoms with Gasteiger partial charge in [-0.1, -0.05) is 290 Å². The van der Waals surface area contributed by atoms with E-state index in [1.807, 2.05) is 201 Å². The largest absolute Gasteiger partial charge is 0.416 e. The highest BCUT2D eigenvalue weighted by Gasteiger charge is 2.58. The predicted molar refractivity (Wildman–Crippen MR) is 421 cm³/mol. The number of allylic oxidation sites excluding steroid dienone is 8. The molecule has 0 bridgehead atoms. The Labute approximate surface area is 623 Å². The van der Waals surface area contributed by atoms with Crippen molar-refractivity contribution in [3.05, 3.63) is 463 Å². The molecule has 0 saturated heterocycles. The summed E-state index contributed by atoms with van der Waals surface area (Å²) in [6, 6.07) is 99.3. The Morgan fingerprint density at radius 3 is 0.620 bits per heavy atom. The SMILES string of the molecule is Cc1ccc(C2=C(c3ccc(C#Cc4ccccc4)cc3)C(=O)C(c3ccc(C#Cc4ccccc4)cc3)=C2c2ccc(C(c3ccccc3)(c3ccc(C4=C(c5ccc(C#Cc6ccccc6)cc5)C(=O)C(c5ccc(C#Cc6ccccc6)cc5)=C4c4ccc(C(F)(F)F)cc4)cc3)C(F)(F)F)cc2)cc1. The Morgan fingerprint density at radius 1 is 0.204 bits per heavy atom. The molecular formula is C100H60F6O2. The standard InChI is InChI=1S/C100H60F6O2/c1-67-27-45-76(46-28-67)88-89(93(81-49-39-73(40-50-81)34-30-69-19-9-3-10-20-69)96(107)92(88)80-47-37-72(38-48-80)33-29-68-17-7-2-8-18-68)77-55-61-85(62-56-77)98(100(104,105)106,84-25-15-6-16-26-84)86-63-57-78(58-64-86)90-91(79-59-65-87(66-60-79)99(101,102)103)95(83-53-43-75(44-54-83)36-32-71-23-13-5-14-24-71)97(108)94(90)82-51-41-74(42-52-82)35-31-70-21-11-4-12-22-70/h2-28,37-66H,1H3. The average Bonchev–Trinajstić information content (AvgIpc) is 1.18. The molecule has 0 saturated carbocycles. The summed E-state index contributed by atoms with van der Waals surface area (Å²) >= 11 is 0. The summed E-state index contributed by atoms with van der Waals surface area (Å²) in [6.07, 6.45) is -9.75. The zero-order chi connectivity index (χ0) is 74.4. The Kier molecular flexibility index (Phi) is 19.3. The molecule has 0 heterocycles. The minimum absolute atomic E-state index is 0.0974. The zero-order valence-corrected chi connectivity index (χ0v) is 58.0. The Hall–Kier alpha value is -14.0.